The molecule has 160 valence electrons. The summed E-state index contributed by atoms with van der Waals surface area (Å²) < 4.78 is 31.4. The van der Waals surface area contributed by atoms with E-state index in [1.54, 1.807) is 0 Å². The zero-order valence-electron chi connectivity index (χ0n) is 16.4. The Morgan fingerprint density at radius 1 is 0.963 bits per heavy atom. The van der Waals surface area contributed by atoms with Crippen LogP contribution in [0.5, 0.6) is 0 Å². The molecule has 0 aliphatic rings. The first-order valence-electron chi connectivity index (χ1n) is 9.51. The molecule has 0 radical (unpaired) electrons. The maximum absolute atomic E-state index is 11.9. The number of phosphoric acid groups is 1. The fourth-order valence-corrected chi connectivity index (χ4v) is 2.81. The molecule has 1 unspecified atom stereocenters. The molecule has 3 N–H and O–H groups in total. The molecule has 2 atom stereocenters. The van der Waals surface area contributed by atoms with E-state index >= 15 is 0 Å². The molecule has 0 aromatic carbocycles. The van der Waals surface area contributed by atoms with E-state index in [0.29, 0.717) is 12.8 Å². The van der Waals surface area contributed by atoms with E-state index in [2.05, 4.69) is 4.52 Å². The second kappa shape index (κ2) is 16.0. The fourth-order valence-electron chi connectivity index (χ4n) is 2.04. The van der Waals surface area contributed by atoms with Crippen molar-refractivity contribution in [3.8, 4) is 0 Å². The van der Waals surface area contributed by atoms with Crippen LogP contribution in [-0.2, 0) is 32.7 Å². The van der Waals surface area contributed by atoms with Crippen LogP contribution in [0.15, 0.2) is 0 Å². The van der Waals surface area contributed by atoms with E-state index in [0.717, 1.165) is 25.7 Å². The summed E-state index contributed by atoms with van der Waals surface area (Å²) in [6.07, 6.45) is 4.64. The number of ether oxygens (including phenoxy) is 2. The highest BCUT2D eigenvalue weighted by Crippen LogP contribution is 2.43. The van der Waals surface area contributed by atoms with Crippen molar-refractivity contribution < 1.29 is 37.6 Å². The lowest BCUT2D eigenvalue weighted by atomic mass is 10.2. The lowest BCUT2D eigenvalue weighted by Gasteiger charge is -2.19. The van der Waals surface area contributed by atoms with Crippen LogP contribution in [0.3, 0.4) is 0 Å². The van der Waals surface area contributed by atoms with Crippen molar-refractivity contribution >= 4 is 19.8 Å². The first kappa shape index (κ1) is 26.0. The fraction of sp³-hybridized carbons (Fsp3) is 0.882. The SMILES string of the molecule is CCCCCC(=O)OC[C@@H](COP(=O)(O)OCCN)OC(=O)CCCCC. The molecule has 0 aliphatic heterocycles. The van der Waals surface area contributed by atoms with Gasteiger partial charge in [0, 0.05) is 19.4 Å². The Kier molecular flexibility index (Phi) is 15.4. The molecule has 0 amide bonds. The second-order valence-electron chi connectivity index (χ2n) is 6.10. The maximum Gasteiger partial charge on any atom is 0.472 e. The predicted octanol–water partition coefficient (Wildman–Crippen LogP) is 2.69. The van der Waals surface area contributed by atoms with Crippen molar-refractivity contribution in [1.82, 2.24) is 0 Å². The maximum atomic E-state index is 11.9. The van der Waals surface area contributed by atoms with Crippen molar-refractivity contribution in [2.45, 2.75) is 71.3 Å². The number of rotatable bonds is 17. The van der Waals surface area contributed by atoms with E-state index in [1.165, 1.54) is 0 Å². The number of esters is 2. The van der Waals surface area contributed by atoms with Crippen LogP contribution >= 0.6 is 7.82 Å². The predicted molar refractivity (Wildman–Crippen MR) is 99.9 cm³/mol. The van der Waals surface area contributed by atoms with Gasteiger partial charge in [-0.05, 0) is 12.8 Å². The smallest absolute Gasteiger partial charge is 0.462 e. The van der Waals surface area contributed by atoms with Gasteiger partial charge in [0.05, 0.1) is 13.2 Å². The van der Waals surface area contributed by atoms with Gasteiger partial charge >= 0.3 is 19.8 Å². The summed E-state index contributed by atoms with van der Waals surface area (Å²) in [4.78, 5) is 33.1. The van der Waals surface area contributed by atoms with Crippen LogP contribution < -0.4 is 5.73 Å². The zero-order chi connectivity index (χ0) is 20.5. The summed E-state index contributed by atoms with van der Waals surface area (Å²) in [6, 6.07) is 0. The summed E-state index contributed by atoms with van der Waals surface area (Å²) in [5.41, 5.74) is 5.21. The molecule has 0 aromatic rings. The first-order valence-corrected chi connectivity index (χ1v) is 11.0. The first-order chi connectivity index (χ1) is 12.8. The standard InChI is InChI=1S/C17H34NO8P/c1-3-5-7-9-16(19)23-13-15(26-17(20)10-8-6-4-2)14-25-27(21,22)24-12-11-18/h15H,3-14,18H2,1-2H3,(H,21,22)/t15-/m0/s1. The van der Waals surface area contributed by atoms with E-state index in [-0.39, 0.29) is 32.6 Å². The van der Waals surface area contributed by atoms with Crippen molar-refractivity contribution in [3.63, 3.8) is 0 Å². The van der Waals surface area contributed by atoms with Gasteiger partial charge in [-0.2, -0.15) is 0 Å². The molecular weight excluding hydrogens is 377 g/mol. The summed E-state index contributed by atoms with van der Waals surface area (Å²) in [5.74, 6) is -0.892. The molecule has 0 fully saturated rings. The lowest BCUT2D eigenvalue weighted by Crippen LogP contribution is -2.29. The molecule has 0 aliphatic carbocycles. The highest BCUT2D eigenvalue weighted by molar-refractivity contribution is 7.47. The highest BCUT2D eigenvalue weighted by atomic mass is 31.2. The summed E-state index contributed by atoms with van der Waals surface area (Å²) in [5, 5.41) is 0. The average molecular weight is 411 g/mol. The Hall–Kier alpha value is -0.990. The van der Waals surface area contributed by atoms with Crippen LogP contribution in [0.4, 0.5) is 0 Å². The second-order valence-corrected chi connectivity index (χ2v) is 7.55. The molecule has 27 heavy (non-hydrogen) atoms. The van der Waals surface area contributed by atoms with Crippen LogP contribution in [0.1, 0.15) is 65.2 Å². The topological polar surface area (TPSA) is 134 Å². The number of carbonyl (C=O) groups is 2. The van der Waals surface area contributed by atoms with Crippen LogP contribution in [0.2, 0.25) is 0 Å². The van der Waals surface area contributed by atoms with Crippen molar-refractivity contribution in [1.29, 1.82) is 0 Å². The zero-order valence-corrected chi connectivity index (χ0v) is 17.3. The van der Waals surface area contributed by atoms with Gasteiger partial charge in [-0.3, -0.25) is 18.6 Å². The van der Waals surface area contributed by atoms with Gasteiger partial charge in [-0.25, -0.2) is 4.57 Å². The Morgan fingerprint density at radius 2 is 1.56 bits per heavy atom. The third-order valence-electron chi connectivity index (χ3n) is 3.49. The molecule has 0 bridgehead atoms. The van der Waals surface area contributed by atoms with Crippen molar-refractivity contribution in [2.24, 2.45) is 5.73 Å². The molecular formula is C17H34NO8P. The number of nitrogens with two attached hydrogens (primary N) is 1. The van der Waals surface area contributed by atoms with Crippen LogP contribution in [0.25, 0.3) is 0 Å². The van der Waals surface area contributed by atoms with Gasteiger partial charge < -0.3 is 20.1 Å². The van der Waals surface area contributed by atoms with Gasteiger partial charge in [0.25, 0.3) is 0 Å². The minimum absolute atomic E-state index is 0.0547. The van der Waals surface area contributed by atoms with E-state index in [9.17, 15) is 19.0 Å². The highest BCUT2D eigenvalue weighted by Gasteiger charge is 2.25. The lowest BCUT2D eigenvalue weighted by molar-refractivity contribution is -0.161. The third kappa shape index (κ3) is 15.7. The van der Waals surface area contributed by atoms with E-state index < -0.39 is 32.5 Å². The van der Waals surface area contributed by atoms with Gasteiger partial charge in [0.2, 0.25) is 0 Å². The summed E-state index contributed by atoms with van der Waals surface area (Å²) >= 11 is 0. The molecule has 0 saturated heterocycles. The quantitative estimate of drug-likeness (QED) is 0.210. The van der Waals surface area contributed by atoms with Gasteiger partial charge in [0.1, 0.15) is 6.61 Å². The minimum atomic E-state index is -4.31. The molecule has 0 aromatic heterocycles. The van der Waals surface area contributed by atoms with Crippen LogP contribution in [0, 0.1) is 0 Å². The van der Waals surface area contributed by atoms with E-state index in [1.807, 2.05) is 13.8 Å². The Labute approximate surface area is 161 Å². The number of hydrogen-bond acceptors (Lipinski definition) is 8. The molecule has 0 heterocycles. The van der Waals surface area contributed by atoms with E-state index in [4.69, 9.17) is 19.7 Å². The van der Waals surface area contributed by atoms with Crippen LogP contribution in [-0.4, -0.2) is 49.3 Å². The number of phosphoric ester groups is 1. The normalized spacial score (nSPS) is 14.4. The Bertz CT molecular complexity index is 460. The van der Waals surface area contributed by atoms with Crippen molar-refractivity contribution in [2.75, 3.05) is 26.4 Å². The van der Waals surface area contributed by atoms with Crippen molar-refractivity contribution in [3.05, 3.63) is 0 Å². The number of hydrogen-bond donors (Lipinski definition) is 2. The molecule has 0 spiro atoms. The summed E-state index contributed by atoms with van der Waals surface area (Å²) in [7, 11) is -4.31. The molecule has 0 saturated carbocycles. The molecule has 0 rings (SSSR count). The number of unbranched alkanes of at least 4 members (excludes halogenated alkanes) is 4. The monoisotopic (exact) mass is 411 g/mol. The van der Waals surface area contributed by atoms with Gasteiger partial charge in [-0.15, -0.1) is 0 Å². The molecule has 10 heteroatoms. The third-order valence-corrected chi connectivity index (χ3v) is 4.48. The largest absolute Gasteiger partial charge is 0.472 e. The molecule has 9 nitrogen and oxygen atoms in total. The number of carbonyl (C=O) groups excluding carboxylic acids is 2. The Balaban J connectivity index is 4.53. The summed E-state index contributed by atoms with van der Waals surface area (Å²) in [6.45, 7) is 3.26. The minimum Gasteiger partial charge on any atom is -0.462 e. The average Bonchev–Trinajstić information content (AvgIpc) is 2.63. The Morgan fingerprint density at radius 3 is 2.11 bits per heavy atom. The van der Waals surface area contributed by atoms with Gasteiger partial charge in [0.15, 0.2) is 6.10 Å². The van der Waals surface area contributed by atoms with Gasteiger partial charge in [-0.1, -0.05) is 39.5 Å².